The highest BCUT2D eigenvalue weighted by molar-refractivity contribution is 9.10. The van der Waals surface area contributed by atoms with Crippen molar-refractivity contribution < 1.29 is 14.3 Å². The Morgan fingerprint density at radius 1 is 1.64 bits per heavy atom. The van der Waals surface area contributed by atoms with Crippen molar-refractivity contribution in [1.82, 2.24) is 0 Å². The fraction of sp³-hybridized carbons (Fsp3) is 0.857. The molecule has 3 nitrogen and oxygen atoms in total. The number of carbonyl (C=O) groups excluding carboxylic acids is 1. The molecule has 11 heavy (non-hydrogen) atoms. The SMILES string of the molecule is CCOC(=O)[C@H](Br)[C@@H](C)OC. The van der Waals surface area contributed by atoms with E-state index in [0.29, 0.717) is 6.61 Å². The van der Waals surface area contributed by atoms with Crippen LogP contribution in [-0.2, 0) is 14.3 Å². The third-order valence-electron chi connectivity index (χ3n) is 1.30. The summed E-state index contributed by atoms with van der Waals surface area (Å²) in [6.45, 7) is 3.97. The van der Waals surface area contributed by atoms with Crippen molar-refractivity contribution in [2.45, 2.75) is 24.8 Å². The number of ether oxygens (including phenoxy) is 2. The maximum atomic E-state index is 11.0. The number of esters is 1. The molecule has 0 radical (unpaired) electrons. The van der Waals surface area contributed by atoms with E-state index in [1.54, 1.807) is 21.0 Å². The first-order valence-corrected chi connectivity index (χ1v) is 4.38. The second-order valence-electron chi connectivity index (χ2n) is 2.09. The van der Waals surface area contributed by atoms with E-state index in [2.05, 4.69) is 15.9 Å². The predicted octanol–water partition coefficient (Wildman–Crippen LogP) is 1.35. The van der Waals surface area contributed by atoms with Crippen LogP contribution in [0.25, 0.3) is 0 Å². The van der Waals surface area contributed by atoms with E-state index >= 15 is 0 Å². The van der Waals surface area contributed by atoms with Gasteiger partial charge in [-0.05, 0) is 13.8 Å². The molecule has 0 fully saturated rings. The van der Waals surface area contributed by atoms with Crippen molar-refractivity contribution in [2.75, 3.05) is 13.7 Å². The van der Waals surface area contributed by atoms with Crippen LogP contribution in [0.3, 0.4) is 0 Å². The van der Waals surface area contributed by atoms with Gasteiger partial charge in [0.15, 0.2) is 0 Å². The molecule has 0 aromatic carbocycles. The van der Waals surface area contributed by atoms with E-state index in [4.69, 9.17) is 9.47 Å². The van der Waals surface area contributed by atoms with Gasteiger partial charge in [0.05, 0.1) is 12.7 Å². The number of rotatable bonds is 4. The Hall–Kier alpha value is -0.0900. The molecule has 0 spiro atoms. The molecule has 4 heteroatoms. The molecular weight excluding hydrogens is 212 g/mol. The van der Waals surface area contributed by atoms with Gasteiger partial charge in [-0.25, -0.2) is 0 Å². The minimum atomic E-state index is -0.368. The van der Waals surface area contributed by atoms with Crippen molar-refractivity contribution in [2.24, 2.45) is 0 Å². The van der Waals surface area contributed by atoms with Crippen molar-refractivity contribution >= 4 is 21.9 Å². The number of alkyl halides is 1. The van der Waals surface area contributed by atoms with Gasteiger partial charge in [0.2, 0.25) is 0 Å². The molecule has 0 saturated carbocycles. The van der Waals surface area contributed by atoms with Crippen LogP contribution in [0.5, 0.6) is 0 Å². The Kier molecular flexibility index (Phi) is 5.50. The largest absolute Gasteiger partial charge is 0.465 e. The maximum absolute atomic E-state index is 11.0. The zero-order valence-corrected chi connectivity index (χ0v) is 8.55. The van der Waals surface area contributed by atoms with E-state index in [9.17, 15) is 4.79 Å². The summed E-state index contributed by atoms with van der Waals surface area (Å²) in [5.74, 6) is -0.276. The average molecular weight is 225 g/mol. The summed E-state index contributed by atoms with van der Waals surface area (Å²) in [4.78, 5) is 10.6. The quantitative estimate of drug-likeness (QED) is 0.535. The third kappa shape index (κ3) is 3.72. The lowest BCUT2D eigenvalue weighted by Crippen LogP contribution is -2.29. The van der Waals surface area contributed by atoms with Gasteiger partial charge >= 0.3 is 5.97 Å². The highest BCUT2D eigenvalue weighted by atomic mass is 79.9. The van der Waals surface area contributed by atoms with Crippen LogP contribution in [0.2, 0.25) is 0 Å². The van der Waals surface area contributed by atoms with Gasteiger partial charge in [-0.2, -0.15) is 0 Å². The number of hydrogen-bond donors (Lipinski definition) is 0. The third-order valence-corrected chi connectivity index (χ3v) is 2.41. The number of carbonyl (C=O) groups is 1. The molecule has 0 N–H and O–H groups in total. The van der Waals surface area contributed by atoms with Crippen molar-refractivity contribution in [3.8, 4) is 0 Å². The molecule has 0 rings (SSSR count). The molecule has 0 unspecified atom stereocenters. The standard InChI is InChI=1S/C7H13BrO3/c1-4-11-7(9)6(8)5(2)10-3/h5-6H,4H2,1-3H3/t5-,6-/m1/s1. The zero-order chi connectivity index (χ0) is 8.85. The zero-order valence-electron chi connectivity index (χ0n) is 6.96. The first-order valence-electron chi connectivity index (χ1n) is 3.47. The monoisotopic (exact) mass is 224 g/mol. The van der Waals surface area contributed by atoms with Gasteiger partial charge < -0.3 is 9.47 Å². The Bertz CT molecular complexity index is 127. The molecular formula is C7H13BrO3. The van der Waals surface area contributed by atoms with Crippen LogP contribution < -0.4 is 0 Å². The van der Waals surface area contributed by atoms with Crippen LogP contribution in [0.15, 0.2) is 0 Å². The summed E-state index contributed by atoms with van der Waals surface area (Å²) in [5, 5.41) is 0. The lowest BCUT2D eigenvalue weighted by atomic mass is 10.3. The Morgan fingerprint density at radius 3 is 2.55 bits per heavy atom. The summed E-state index contributed by atoms with van der Waals surface area (Å²) >= 11 is 3.17. The number of methoxy groups -OCH3 is 1. The van der Waals surface area contributed by atoms with E-state index in [1.165, 1.54) is 0 Å². The van der Waals surface area contributed by atoms with Gasteiger partial charge in [-0.15, -0.1) is 0 Å². The van der Waals surface area contributed by atoms with Crippen LogP contribution in [0, 0.1) is 0 Å². The maximum Gasteiger partial charge on any atom is 0.322 e. The molecule has 0 aliphatic carbocycles. The van der Waals surface area contributed by atoms with Crippen LogP contribution in [-0.4, -0.2) is 30.6 Å². The van der Waals surface area contributed by atoms with Crippen LogP contribution in [0.4, 0.5) is 0 Å². The molecule has 0 saturated heterocycles. The lowest BCUT2D eigenvalue weighted by Gasteiger charge is -2.14. The molecule has 0 bridgehead atoms. The second kappa shape index (κ2) is 5.55. The molecule has 0 aromatic rings. The normalized spacial score (nSPS) is 15.6. The van der Waals surface area contributed by atoms with Gasteiger partial charge in [0.25, 0.3) is 0 Å². The fourth-order valence-electron chi connectivity index (χ4n) is 0.533. The fourth-order valence-corrected chi connectivity index (χ4v) is 0.881. The van der Waals surface area contributed by atoms with Gasteiger partial charge in [0, 0.05) is 7.11 Å². The van der Waals surface area contributed by atoms with E-state index in [-0.39, 0.29) is 16.9 Å². The summed E-state index contributed by atoms with van der Waals surface area (Å²) in [7, 11) is 1.55. The van der Waals surface area contributed by atoms with Crippen LogP contribution in [0.1, 0.15) is 13.8 Å². The molecule has 2 atom stereocenters. The highest BCUT2D eigenvalue weighted by Gasteiger charge is 2.22. The minimum absolute atomic E-state index is 0.158. The summed E-state index contributed by atoms with van der Waals surface area (Å²) < 4.78 is 9.69. The topological polar surface area (TPSA) is 35.5 Å². The second-order valence-corrected chi connectivity index (χ2v) is 3.08. The average Bonchev–Trinajstić information content (AvgIpc) is 2.02. The number of halogens is 1. The molecule has 0 aromatic heterocycles. The van der Waals surface area contributed by atoms with Crippen molar-refractivity contribution in [1.29, 1.82) is 0 Å². The van der Waals surface area contributed by atoms with Crippen molar-refractivity contribution in [3.63, 3.8) is 0 Å². The highest BCUT2D eigenvalue weighted by Crippen LogP contribution is 2.10. The number of hydrogen-bond acceptors (Lipinski definition) is 3. The van der Waals surface area contributed by atoms with E-state index < -0.39 is 0 Å². The summed E-state index contributed by atoms with van der Waals surface area (Å²) in [5.41, 5.74) is 0. The minimum Gasteiger partial charge on any atom is -0.465 e. The van der Waals surface area contributed by atoms with Crippen molar-refractivity contribution in [3.05, 3.63) is 0 Å². The molecule has 0 heterocycles. The summed E-state index contributed by atoms with van der Waals surface area (Å²) in [6, 6.07) is 0. The predicted molar refractivity (Wildman–Crippen MR) is 45.8 cm³/mol. The molecule has 66 valence electrons. The Balaban J connectivity index is 3.80. The molecule has 0 aliphatic rings. The van der Waals surface area contributed by atoms with Gasteiger partial charge in [-0.1, -0.05) is 15.9 Å². The van der Waals surface area contributed by atoms with Gasteiger partial charge in [-0.3, -0.25) is 4.79 Å². The Morgan fingerprint density at radius 2 is 2.18 bits per heavy atom. The van der Waals surface area contributed by atoms with Gasteiger partial charge in [0.1, 0.15) is 4.83 Å². The lowest BCUT2D eigenvalue weighted by molar-refractivity contribution is -0.144. The first kappa shape index (κ1) is 10.9. The Labute approximate surface area is 75.2 Å². The van der Waals surface area contributed by atoms with E-state index in [1.807, 2.05) is 0 Å². The summed E-state index contributed by atoms with van der Waals surface area (Å²) in [6.07, 6.45) is -0.158. The van der Waals surface area contributed by atoms with Crippen LogP contribution >= 0.6 is 15.9 Å². The smallest absolute Gasteiger partial charge is 0.322 e. The molecule has 0 amide bonds. The molecule has 0 aliphatic heterocycles. The first-order chi connectivity index (χ1) is 5.13. The van der Waals surface area contributed by atoms with E-state index in [0.717, 1.165) is 0 Å².